The van der Waals surface area contributed by atoms with Crippen molar-refractivity contribution in [2.24, 2.45) is 0 Å². The number of aromatic nitrogens is 3. The lowest BCUT2D eigenvalue weighted by Gasteiger charge is -2.08. The normalized spacial score (nSPS) is 10.5. The Hall–Kier alpha value is -2.25. The Labute approximate surface area is 108 Å². The minimum atomic E-state index is -0.782. The van der Waals surface area contributed by atoms with E-state index in [1.165, 1.54) is 0 Å². The molecule has 2 rings (SSSR count). The third kappa shape index (κ3) is 3.15. The Kier molecular flexibility index (Phi) is 3.88. The van der Waals surface area contributed by atoms with Gasteiger partial charge >= 0.3 is 0 Å². The van der Waals surface area contributed by atoms with Crippen molar-refractivity contribution in [1.29, 1.82) is 0 Å². The van der Waals surface area contributed by atoms with Gasteiger partial charge in [-0.25, -0.2) is 13.8 Å². The predicted octanol–water partition coefficient (Wildman–Crippen LogP) is 2.10. The molecule has 0 atom stereocenters. The van der Waals surface area contributed by atoms with E-state index in [0.717, 1.165) is 6.07 Å². The van der Waals surface area contributed by atoms with E-state index in [1.807, 2.05) is 0 Å². The fourth-order valence-corrected chi connectivity index (χ4v) is 1.45. The van der Waals surface area contributed by atoms with E-state index in [9.17, 15) is 8.78 Å². The van der Waals surface area contributed by atoms with Crippen molar-refractivity contribution in [1.82, 2.24) is 15.1 Å². The molecule has 0 fully saturated rings. The molecule has 2 aromatic rings. The predicted molar refractivity (Wildman–Crippen MR) is 64.7 cm³/mol. The molecule has 0 unspecified atom stereocenters. The Bertz CT molecular complexity index is 572. The molecule has 0 aromatic carbocycles. The van der Waals surface area contributed by atoms with Gasteiger partial charge in [-0.05, 0) is 13.8 Å². The van der Waals surface area contributed by atoms with Crippen LogP contribution in [0.15, 0.2) is 10.6 Å². The highest BCUT2D eigenvalue weighted by Gasteiger charge is 2.12. The zero-order chi connectivity index (χ0) is 13.8. The minimum Gasteiger partial charge on any atom is -0.368 e. The molecule has 2 heterocycles. The van der Waals surface area contributed by atoms with Gasteiger partial charge in [-0.15, -0.1) is 0 Å². The third-order valence-electron chi connectivity index (χ3n) is 2.25. The van der Waals surface area contributed by atoms with Crippen LogP contribution < -0.4 is 10.6 Å². The zero-order valence-corrected chi connectivity index (χ0v) is 10.5. The number of hydrogen-bond acceptors (Lipinski definition) is 6. The van der Waals surface area contributed by atoms with Gasteiger partial charge in [0.2, 0.25) is 5.89 Å². The van der Waals surface area contributed by atoms with Crippen LogP contribution in [0.3, 0.4) is 0 Å². The summed E-state index contributed by atoms with van der Waals surface area (Å²) < 4.78 is 31.7. The van der Waals surface area contributed by atoms with Gasteiger partial charge < -0.3 is 15.2 Å². The van der Waals surface area contributed by atoms with Crippen molar-refractivity contribution < 1.29 is 13.3 Å². The summed E-state index contributed by atoms with van der Waals surface area (Å²) in [5.41, 5.74) is 0. The summed E-state index contributed by atoms with van der Waals surface area (Å²) in [5.74, 6) is -0.819. The Morgan fingerprint density at radius 2 is 1.84 bits per heavy atom. The largest absolute Gasteiger partial charge is 0.368 e. The first-order valence-corrected chi connectivity index (χ1v) is 5.73. The van der Waals surface area contributed by atoms with Crippen LogP contribution >= 0.6 is 0 Å². The molecular weight excluding hydrogens is 256 g/mol. The molecule has 0 aliphatic carbocycles. The number of anilines is 2. The van der Waals surface area contributed by atoms with Gasteiger partial charge in [0.1, 0.15) is 0 Å². The molecule has 0 radical (unpaired) electrons. The lowest BCUT2D eigenvalue weighted by atomic mass is 10.4. The van der Waals surface area contributed by atoms with Crippen LogP contribution in [-0.4, -0.2) is 21.7 Å². The maximum atomic E-state index is 13.5. The molecule has 0 amide bonds. The van der Waals surface area contributed by atoms with Crippen molar-refractivity contribution in [2.75, 3.05) is 17.2 Å². The number of halogens is 2. The molecular formula is C11H13F2N5O. The van der Waals surface area contributed by atoms with Gasteiger partial charge in [-0.3, -0.25) is 0 Å². The molecule has 0 saturated heterocycles. The number of nitrogens with one attached hydrogen (secondary N) is 2. The topological polar surface area (TPSA) is 75.9 Å². The van der Waals surface area contributed by atoms with Crippen LogP contribution in [0, 0.1) is 18.6 Å². The van der Waals surface area contributed by atoms with Crippen LogP contribution in [0.5, 0.6) is 0 Å². The van der Waals surface area contributed by atoms with Crippen LogP contribution in [0.2, 0.25) is 0 Å². The standard InChI is InChI=1S/C11H13F2N5O/c1-3-14-10-7(12)4-8(13)11(17-10)15-5-9-16-6(2)18-19-9/h4H,3,5H2,1-2H3,(H2,14,15,17). The quantitative estimate of drug-likeness (QED) is 0.865. The maximum absolute atomic E-state index is 13.5. The molecule has 2 aromatic heterocycles. The molecule has 0 saturated carbocycles. The fourth-order valence-electron chi connectivity index (χ4n) is 1.45. The van der Waals surface area contributed by atoms with Crippen LogP contribution in [0.25, 0.3) is 0 Å². The van der Waals surface area contributed by atoms with Crippen molar-refractivity contribution >= 4 is 11.6 Å². The zero-order valence-electron chi connectivity index (χ0n) is 10.5. The van der Waals surface area contributed by atoms with Crippen molar-refractivity contribution in [3.63, 3.8) is 0 Å². The summed E-state index contributed by atoms with van der Waals surface area (Å²) in [6, 6.07) is 0.770. The van der Waals surface area contributed by atoms with Crippen LogP contribution in [0.4, 0.5) is 20.4 Å². The van der Waals surface area contributed by atoms with E-state index in [-0.39, 0.29) is 18.2 Å². The van der Waals surface area contributed by atoms with Crippen molar-refractivity contribution in [3.8, 4) is 0 Å². The van der Waals surface area contributed by atoms with Gasteiger partial charge in [0.25, 0.3) is 0 Å². The van der Waals surface area contributed by atoms with Gasteiger partial charge in [-0.2, -0.15) is 4.98 Å². The number of hydrogen-bond donors (Lipinski definition) is 2. The van der Waals surface area contributed by atoms with E-state index >= 15 is 0 Å². The van der Waals surface area contributed by atoms with E-state index in [2.05, 4.69) is 25.8 Å². The van der Waals surface area contributed by atoms with Crippen LogP contribution in [-0.2, 0) is 6.54 Å². The van der Waals surface area contributed by atoms with E-state index in [1.54, 1.807) is 13.8 Å². The lowest BCUT2D eigenvalue weighted by Crippen LogP contribution is -2.09. The molecule has 0 spiro atoms. The highest BCUT2D eigenvalue weighted by molar-refractivity contribution is 5.47. The van der Waals surface area contributed by atoms with E-state index in [0.29, 0.717) is 18.3 Å². The first-order chi connectivity index (χ1) is 9.10. The summed E-state index contributed by atoms with van der Waals surface area (Å²) in [6.45, 7) is 4.06. The maximum Gasteiger partial charge on any atom is 0.245 e. The van der Waals surface area contributed by atoms with Gasteiger partial charge in [0.15, 0.2) is 29.1 Å². The smallest absolute Gasteiger partial charge is 0.245 e. The van der Waals surface area contributed by atoms with Gasteiger partial charge in [0.05, 0.1) is 6.54 Å². The van der Waals surface area contributed by atoms with Gasteiger partial charge in [0, 0.05) is 12.6 Å². The molecule has 102 valence electrons. The lowest BCUT2D eigenvalue weighted by molar-refractivity contribution is 0.379. The molecule has 19 heavy (non-hydrogen) atoms. The summed E-state index contributed by atoms with van der Waals surface area (Å²) in [6.07, 6.45) is 0. The second kappa shape index (κ2) is 5.59. The van der Waals surface area contributed by atoms with E-state index in [4.69, 9.17) is 4.52 Å². The molecule has 6 nitrogen and oxygen atoms in total. The summed E-state index contributed by atoms with van der Waals surface area (Å²) in [4.78, 5) is 7.77. The number of rotatable bonds is 5. The molecule has 0 aliphatic rings. The summed E-state index contributed by atoms with van der Waals surface area (Å²) in [7, 11) is 0. The number of pyridine rings is 1. The average Bonchev–Trinajstić information content (AvgIpc) is 2.77. The first kappa shape index (κ1) is 13.2. The average molecular weight is 269 g/mol. The van der Waals surface area contributed by atoms with E-state index < -0.39 is 11.6 Å². The van der Waals surface area contributed by atoms with Gasteiger partial charge in [-0.1, -0.05) is 5.16 Å². The first-order valence-electron chi connectivity index (χ1n) is 5.73. The minimum absolute atomic E-state index is 0.00638. The van der Waals surface area contributed by atoms with Crippen LogP contribution in [0.1, 0.15) is 18.6 Å². The SMILES string of the molecule is CCNc1nc(NCc2nc(C)no2)c(F)cc1F. The molecule has 8 heteroatoms. The Morgan fingerprint density at radius 3 is 2.42 bits per heavy atom. The highest BCUT2D eigenvalue weighted by atomic mass is 19.1. The highest BCUT2D eigenvalue weighted by Crippen LogP contribution is 2.19. The molecule has 0 aliphatic heterocycles. The van der Waals surface area contributed by atoms with Crippen molar-refractivity contribution in [3.05, 3.63) is 29.4 Å². The number of nitrogens with zero attached hydrogens (tertiary/aromatic N) is 3. The Balaban J connectivity index is 2.13. The molecule has 0 bridgehead atoms. The molecule has 2 N–H and O–H groups in total. The number of aryl methyl sites for hydroxylation is 1. The monoisotopic (exact) mass is 269 g/mol. The second-order valence-corrected chi connectivity index (χ2v) is 3.77. The van der Waals surface area contributed by atoms with Crippen molar-refractivity contribution in [2.45, 2.75) is 20.4 Å². The fraction of sp³-hybridized carbons (Fsp3) is 0.364. The second-order valence-electron chi connectivity index (χ2n) is 3.77. The third-order valence-corrected chi connectivity index (χ3v) is 2.25. The summed E-state index contributed by atoms with van der Waals surface area (Å²) in [5, 5.41) is 8.98. The Morgan fingerprint density at radius 1 is 1.16 bits per heavy atom. The summed E-state index contributed by atoms with van der Waals surface area (Å²) >= 11 is 0.